The largest absolute Gasteiger partial charge is 0.353 e. The standard InChI is InChI=1S/C22H42O2/c1-2-3-4-5-6-7-8-9-10-11-12-13-14-15-17-20-23-22-19-16-18-21-24-22/h6-7,22H,2-5,8-21H2,1H3. The molecule has 1 heterocycles. The third kappa shape index (κ3) is 14.0. The average molecular weight is 339 g/mol. The molecule has 2 heteroatoms. The Hall–Kier alpha value is -0.340. The minimum Gasteiger partial charge on any atom is -0.353 e. The van der Waals surface area contributed by atoms with Gasteiger partial charge in [0.1, 0.15) is 0 Å². The maximum absolute atomic E-state index is 5.77. The average Bonchev–Trinajstić information content (AvgIpc) is 2.62. The maximum atomic E-state index is 5.77. The van der Waals surface area contributed by atoms with E-state index >= 15 is 0 Å². The summed E-state index contributed by atoms with van der Waals surface area (Å²) in [7, 11) is 0. The van der Waals surface area contributed by atoms with Gasteiger partial charge in [-0.3, -0.25) is 0 Å². The van der Waals surface area contributed by atoms with Gasteiger partial charge in [0.2, 0.25) is 0 Å². The van der Waals surface area contributed by atoms with Gasteiger partial charge in [0, 0.05) is 13.2 Å². The van der Waals surface area contributed by atoms with E-state index in [2.05, 4.69) is 19.1 Å². The van der Waals surface area contributed by atoms with Crippen LogP contribution in [0.1, 0.15) is 110 Å². The van der Waals surface area contributed by atoms with E-state index in [-0.39, 0.29) is 6.29 Å². The molecule has 0 aromatic carbocycles. The van der Waals surface area contributed by atoms with Crippen LogP contribution in [0.4, 0.5) is 0 Å². The Bertz CT molecular complexity index is 269. The van der Waals surface area contributed by atoms with Gasteiger partial charge in [-0.15, -0.1) is 0 Å². The number of allylic oxidation sites excluding steroid dienone is 2. The van der Waals surface area contributed by atoms with Crippen molar-refractivity contribution in [1.82, 2.24) is 0 Å². The summed E-state index contributed by atoms with van der Waals surface area (Å²) >= 11 is 0. The summed E-state index contributed by atoms with van der Waals surface area (Å²) in [6, 6.07) is 0. The first-order valence-electron chi connectivity index (χ1n) is 10.8. The molecule has 24 heavy (non-hydrogen) atoms. The molecule has 1 aliphatic heterocycles. The third-order valence-corrected chi connectivity index (χ3v) is 4.85. The summed E-state index contributed by atoms with van der Waals surface area (Å²) in [6.07, 6.45) is 26.0. The van der Waals surface area contributed by atoms with Crippen LogP contribution in [-0.2, 0) is 9.47 Å². The molecule has 0 spiro atoms. The highest BCUT2D eigenvalue weighted by atomic mass is 16.7. The van der Waals surface area contributed by atoms with E-state index in [0.717, 1.165) is 19.6 Å². The van der Waals surface area contributed by atoms with Gasteiger partial charge in [0.25, 0.3) is 0 Å². The fourth-order valence-corrected chi connectivity index (χ4v) is 3.23. The molecule has 1 unspecified atom stereocenters. The first kappa shape index (κ1) is 21.7. The Morgan fingerprint density at radius 1 is 0.792 bits per heavy atom. The normalized spacial score (nSPS) is 18.5. The Labute approximate surface area is 151 Å². The molecule has 142 valence electrons. The first-order chi connectivity index (χ1) is 11.9. The topological polar surface area (TPSA) is 18.5 Å². The quantitative estimate of drug-likeness (QED) is 0.219. The van der Waals surface area contributed by atoms with E-state index in [4.69, 9.17) is 9.47 Å². The second-order valence-corrected chi connectivity index (χ2v) is 7.25. The maximum Gasteiger partial charge on any atom is 0.157 e. The van der Waals surface area contributed by atoms with E-state index in [1.54, 1.807) is 0 Å². The van der Waals surface area contributed by atoms with E-state index < -0.39 is 0 Å². The Morgan fingerprint density at radius 3 is 2.04 bits per heavy atom. The van der Waals surface area contributed by atoms with Crippen molar-refractivity contribution in [2.75, 3.05) is 13.2 Å². The van der Waals surface area contributed by atoms with Gasteiger partial charge in [0.05, 0.1) is 0 Å². The molecule has 0 aromatic heterocycles. The lowest BCUT2D eigenvalue weighted by Gasteiger charge is -2.22. The predicted octanol–water partition coefficient (Wildman–Crippen LogP) is 7.18. The molecule has 0 N–H and O–H groups in total. The van der Waals surface area contributed by atoms with Crippen LogP contribution in [0, 0.1) is 0 Å². The van der Waals surface area contributed by atoms with Gasteiger partial charge in [-0.05, 0) is 51.4 Å². The Balaban J connectivity index is 1.70. The molecule has 0 radical (unpaired) electrons. The van der Waals surface area contributed by atoms with Gasteiger partial charge < -0.3 is 9.47 Å². The number of hydrogen-bond acceptors (Lipinski definition) is 2. The number of ether oxygens (including phenoxy) is 2. The van der Waals surface area contributed by atoms with Gasteiger partial charge >= 0.3 is 0 Å². The van der Waals surface area contributed by atoms with Crippen LogP contribution >= 0.6 is 0 Å². The van der Waals surface area contributed by atoms with Crippen molar-refractivity contribution < 1.29 is 9.47 Å². The molecule has 1 atom stereocenters. The lowest BCUT2D eigenvalue weighted by atomic mass is 10.1. The van der Waals surface area contributed by atoms with Crippen molar-refractivity contribution in [3.8, 4) is 0 Å². The minimum absolute atomic E-state index is 0.0967. The molecule has 1 rings (SSSR count). The van der Waals surface area contributed by atoms with Crippen molar-refractivity contribution in [1.29, 1.82) is 0 Å². The molecule has 0 saturated carbocycles. The lowest BCUT2D eigenvalue weighted by molar-refractivity contribution is -0.162. The zero-order valence-electron chi connectivity index (χ0n) is 16.3. The van der Waals surface area contributed by atoms with Gasteiger partial charge in [-0.25, -0.2) is 0 Å². The molecule has 0 amide bonds. The number of hydrogen-bond donors (Lipinski definition) is 0. The summed E-state index contributed by atoms with van der Waals surface area (Å²) in [6.45, 7) is 4.04. The van der Waals surface area contributed by atoms with Crippen molar-refractivity contribution >= 4 is 0 Å². The van der Waals surface area contributed by atoms with Gasteiger partial charge in [-0.1, -0.05) is 70.4 Å². The number of unbranched alkanes of at least 4 members (excludes halogenated alkanes) is 11. The zero-order valence-corrected chi connectivity index (χ0v) is 16.3. The highest BCUT2D eigenvalue weighted by molar-refractivity contribution is 4.81. The van der Waals surface area contributed by atoms with Gasteiger partial charge in [-0.2, -0.15) is 0 Å². The van der Waals surface area contributed by atoms with Crippen LogP contribution in [0.15, 0.2) is 12.2 Å². The van der Waals surface area contributed by atoms with Crippen LogP contribution < -0.4 is 0 Å². The molecule has 0 bridgehead atoms. The molecule has 2 nitrogen and oxygen atoms in total. The molecule has 1 aliphatic rings. The highest BCUT2D eigenvalue weighted by Crippen LogP contribution is 2.15. The molecule has 0 aromatic rings. The fraction of sp³-hybridized carbons (Fsp3) is 0.909. The summed E-state index contributed by atoms with van der Waals surface area (Å²) in [5.74, 6) is 0. The van der Waals surface area contributed by atoms with Crippen molar-refractivity contribution in [2.24, 2.45) is 0 Å². The summed E-state index contributed by atoms with van der Waals surface area (Å²) in [5, 5.41) is 0. The molecule has 0 aliphatic carbocycles. The van der Waals surface area contributed by atoms with Crippen LogP contribution in [0.25, 0.3) is 0 Å². The van der Waals surface area contributed by atoms with E-state index in [1.807, 2.05) is 0 Å². The van der Waals surface area contributed by atoms with Crippen LogP contribution in [-0.4, -0.2) is 19.5 Å². The summed E-state index contributed by atoms with van der Waals surface area (Å²) < 4.78 is 11.3. The Kier molecular flexibility index (Phi) is 15.8. The van der Waals surface area contributed by atoms with E-state index in [0.29, 0.717) is 0 Å². The predicted molar refractivity (Wildman–Crippen MR) is 104 cm³/mol. The fourth-order valence-electron chi connectivity index (χ4n) is 3.23. The minimum atomic E-state index is 0.0967. The molecule has 1 saturated heterocycles. The smallest absolute Gasteiger partial charge is 0.157 e. The monoisotopic (exact) mass is 338 g/mol. The second-order valence-electron chi connectivity index (χ2n) is 7.25. The third-order valence-electron chi connectivity index (χ3n) is 4.85. The van der Waals surface area contributed by atoms with Crippen molar-refractivity contribution in [3.63, 3.8) is 0 Å². The van der Waals surface area contributed by atoms with Crippen molar-refractivity contribution in [3.05, 3.63) is 12.2 Å². The SMILES string of the molecule is CCCCCC=CCCCCCCCCCCOC1CCCCO1. The Morgan fingerprint density at radius 2 is 1.42 bits per heavy atom. The van der Waals surface area contributed by atoms with Crippen molar-refractivity contribution in [2.45, 2.75) is 116 Å². The summed E-state index contributed by atoms with van der Waals surface area (Å²) in [5.41, 5.74) is 0. The van der Waals surface area contributed by atoms with Crippen LogP contribution in [0.3, 0.4) is 0 Å². The van der Waals surface area contributed by atoms with Gasteiger partial charge in [0.15, 0.2) is 6.29 Å². The second kappa shape index (κ2) is 17.5. The zero-order chi connectivity index (χ0) is 17.1. The van der Waals surface area contributed by atoms with Crippen LogP contribution in [0.5, 0.6) is 0 Å². The van der Waals surface area contributed by atoms with E-state index in [9.17, 15) is 0 Å². The van der Waals surface area contributed by atoms with E-state index in [1.165, 1.54) is 96.3 Å². The first-order valence-corrected chi connectivity index (χ1v) is 10.8. The molecular weight excluding hydrogens is 296 g/mol. The number of rotatable bonds is 16. The van der Waals surface area contributed by atoms with Crippen LogP contribution in [0.2, 0.25) is 0 Å². The lowest BCUT2D eigenvalue weighted by Crippen LogP contribution is -2.22. The summed E-state index contributed by atoms with van der Waals surface area (Å²) in [4.78, 5) is 0. The highest BCUT2D eigenvalue weighted by Gasteiger charge is 2.13. The molecule has 1 fully saturated rings. The molecular formula is C22H42O2.